The number of aliphatic imine (C=N–C) groups is 1. The van der Waals surface area contributed by atoms with Crippen molar-refractivity contribution >= 4 is 11.6 Å². The van der Waals surface area contributed by atoms with Gasteiger partial charge in [-0.15, -0.1) is 0 Å². The van der Waals surface area contributed by atoms with Crippen LogP contribution in [0.1, 0.15) is 23.5 Å². The molecule has 1 heterocycles. The third-order valence-corrected chi connectivity index (χ3v) is 5.03. The number of para-hydroxylation sites is 1. The molecule has 2 aromatic rings. The predicted octanol–water partition coefficient (Wildman–Crippen LogP) is 3.43. The smallest absolute Gasteiger partial charge is 0.198 e. The summed E-state index contributed by atoms with van der Waals surface area (Å²) < 4.78 is 0. The molecule has 23 heavy (non-hydrogen) atoms. The number of rotatable bonds is 3. The average molecular weight is 305 g/mol. The Balaban J connectivity index is 1.38. The fourth-order valence-electron chi connectivity index (χ4n) is 3.66. The second-order valence-corrected chi connectivity index (χ2v) is 6.47. The van der Waals surface area contributed by atoms with E-state index in [-0.39, 0.29) is 0 Å². The molecule has 0 amide bonds. The Morgan fingerprint density at radius 1 is 1.13 bits per heavy atom. The third-order valence-electron chi connectivity index (χ3n) is 5.03. The van der Waals surface area contributed by atoms with Gasteiger partial charge in [0, 0.05) is 25.8 Å². The first kappa shape index (κ1) is 14.3. The molecule has 1 saturated carbocycles. The highest BCUT2D eigenvalue weighted by atomic mass is 15.3. The van der Waals surface area contributed by atoms with Crippen molar-refractivity contribution in [3.63, 3.8) is 0 Å². The van der Waals surface area contributed by atoms with Crippen LogP contribution in [0.2, 0.25) is 0 Å². The SMILES string of the molecule is CN=C(NCC1CC1c1ccccc1)N1CCc2ccccc21. The highest BCUT2D eigenvalue weighted by Crippen LogP contribution is 2.46. The molecule has 1 aliphatic heterocycles. The molecular weight excluding hydrogens is 282 g/mol. The average Bonchev–Trinajstić information content (AvgIpc) is 3.27. The molecule has 0 bridgehead atoms. The maximum absolute atomic E-state index is 4.50. The first-order valence-electron chi connectivity index (χ1n) is 8.48. The third kappa shape index (κ3) is 2.83. The van der Waals surface area contributed by atoms with Crippen LogP contribution in [-0.2, 0) is 6.42 Å². The first-order valence-corrected chi connectivity index (χ1v) is 8.48. The molecule has 2 aromatic carbocycles. The number of anilines is 1. The maximum atomic E-state index is 4.50. The van der Waals surface area contributed by atoms with Crippen molar-refractivity contribution in [2.45, 2.75) is 18.8 Å². The van der Waals surface area contributed by atoms with Crippen LogP contribution >= 0.6 is 0 Å². The molecule has 0 saturated heterocycles. The Morgan fingerprint density at radius 3 is 2.74 bits per heavy atom. The van der Waals surface area contributed by atoms with Gasteiger partial charge in [-0.25, -0.2) is 0 Å². The van der Waals surface area contributed by atoms with Gasteiger partial charge in [-0.05, 0) is 41.9 Å². The van der Waals surface area contributed by atoms with E-state index in [0.717, 1.165) is 31.4 Å². The van der Waals surface area contributed by atoms with Crippen LogP contribution in [0.3, 0.4) is 0 Å². The maximum Gasteiger partial charge on any atom is 0.198 e. The van der Waals surface area contributed by atoms with Crippen molar-refractivity contribution in [3.05, 3.63) is 65.7 Å². The van der Waals surface area contributed by atoms with Gasteiger partial charge in [0.25, 0.3) is 0 Å². The van der Waals surface area contributed by atoms with E-state index in [1.807, 2.05) is 7.05 Å². The van der Waals surface area contributed by atoms with Crippen molar-refractivity contribution in [2.75, 3.05) is 25.0 Å². The summed E-state index contributed by atoms with van der Waals surface area (Å²) in [6.45, 7) is 2.02. The Bertz CT molecular complexity index is 708. The van der Waals surface area contributed by atoms with Crippen molar-refractivity contribution in [1.29, 1.82) is 0 Å². The van der Waals surface area contributed by atoms with E-state index < -0.39 is 0 Å². The van der Waals surface area contributed by atoms with Crippen molar-refractivity contribution in [1.82, 2.24) is 5.32 Å². The quantitative estimate of drug-likeness (QED) is 0.695. The van der Waals surface area contributed by atoms with Crippen LogP contribution in [0.25, 0.3) is 0 Å². The topological polar surface area (TPSA) is 27.6 Å². The van der Waals surface area contributed by atoms with Gasteiger partial charge in [0.1, 0.15) is 0 Å². The van der Waals surface area contributed by atoms with Crippen LogP contribution in [0, 0.1) is 5.92 Å². The lowest BCUT2D eigenvalue weighted by Gasteiger charge is -2.22. The van der Waals surface area contributed by atoms with Gasteiger partial charge in [0.15, 0.2) is 5.96 Å². The second-order valence-electron chi connectivity index (χ2n) is 6.47. The van der Waals surface area contributed by atoms with Crippen molar-refractivity contribution in [2.24, 2.45) is 10.9 Å². The van der Waals surface area contributed by atoms with Crippen LogP contribution in [0.4, 0.5) is 5.69 Å². The number of nitrogens with zero attached hydrogens (tertiary/aromatic N) is 2. The minimum Gasteiger partial charge on any atom is -0.356 e. The van der Waals surface area contributed by atoms with E-state index in [9.17, 15) is 0 Å². The van der Waals surface area contributed by atoms with Gasteiger partial charge in [-0.3, -0.25) is 4.99 Å². The molecule has 3 heteroatoms. The van der Waals surface area contributed by atoms with E-state index in [0.29, 0.717) is 5.92 Å². The highest BCUT2D eigenvalue weighted by Gasteiger charge is 2.38. The van der Waals surface area contributed by atoms with Gasteiger partial charge in [0.05, 0.1) is 0 Å². The molecule has 1 N–H and O–H groups in total. The highest BCUT2D eigenvalue weighted by molar-refractivity contribution is 5.97. The molecule has 0 radical (unpaired) electrons. The van der Waals surface area contributed by atoms with E-state index in [4.69, 9.17) is 0 Å². The molecule has 0 spiro atoms. The summed E-state index contributed by atoms with van der Waals surface area (Å²) in [5.41, 5.74) is 4.20. The molecule has 1 fully saturated rings. The van der Waals surface area contributed by atoms with Gasteiger partial charge in [0.2, 0.25) is 0 Å². The van der Waals surface area contributed by atoms with E-state index in [2.05, 4.69) is 69.8 Å². The Labute approximate surface area is 138 Å². The number of fused-ring (bicyclic) bond motifs is 1. The predicted molar refractivity (Wildman–Crippen MR) is 96.1 cm³/mol. The fraction of sp³-hybridized carbons (Fsp3) is 0.350. The van der Waals surface area contributed by atoms with E-state index >= 15 is 0 Å². The molecule has 2 unspecified atom stereocenters. The summed E-state index contributed by atoms with van der Waals surface area (Å²) in [4.78, 5) is 6.81. The summed E-state index contributed by atoms with van der Waals surface area (Å²) >= 11 is 0. The fourth-order valence-corrected chi connectivity index (χ4v) is 3.66. The zero-order chi connectivity index (χ0) is 15.6. The number of benzene rings is 2. The van der Waals surface area contributed by atoms with Crippen LogP contribution in [0.5, 0.6) is 0 Å². The van der Waals surface area contributed by atoms with Crippen LogP contribution in [0.15, 0.2) is 59.6 Å². The Kier molecular flexibility index (Phi) is 3.78. The van der Waals surface area contributed by atoms with Crippen LogP contribution in [-0.4, -0.2) is 26.1 Å². The van der Waals surface area contributed by atoms with Crippen molar-refractivity contribution < 1.29 is 0 Å². The normalized spacial score (nSPS) is 22.8. The van der Waals surface area contributed by atoms with Gasteiger partial charge >= 0.3 is 0 Å². The molecule has 2 atom stereocenters. The number of hydrogen-bond acceptors (Lipinski definition) is 1. The molecular formula is C20H23N3. The lowest BCUT2D eigenvalue weighted by atomic mass is 10.1. The summed E-state index contributed by atoms with van der Waals surface area (Å²) in [6, 6.07) is 19.5. The molecule has 2 aliphatic rings. The monoisotopic (exact) mass is 305 g/mol. The van der Waals surface area contributed by atoms with E-state index in [1.165, 1.54) is 23.2 Å². The lowest BCUT2D eigenvalue weighted by Crippen LogP contribution is -2.41. The largest absolute Gasteiger partial charge is 0.356 e. The number of nitrogens with one attached hydrogen (secondary N) is 1. The Hall–Kier alpha value is -2.29. The molecule has 4 rings (SSSR count). The minimum absolute atomic E-state index is 0.715. The summed E-state index contributed by atoms with van der Waals surface area (Å²) in [7, 11) is 1.88. The summed E-state index contributed by atoms with van der Waals surface area (Å²) in [5.74, 6) is 2.45. The van der Waals surface area contributed by atoms with Gasteiger partial charge in [-0.2, -0.15) is 0 Å². The summed E-state index contributed by atoms with van der Waals surface area (Å²) in [5, 5.41) is 3.59. The van der Waals surface area contributed by atoms with E-state index in [1.54, 1.807) is 0 Å². The number of hydrogen-bond donors (Lipinski definition) is 1. The second kappa shape index (κ2) is 6.07. The molecule has 3 nitrogen and oxygen atoms in total. The minimum atomic E-state index is 0.715. The standard InChI is InChI=1S/C20H23N3/c1-21-20(23-12-11-16-9-5-6-10-19(16)23)22-14-17-13-18(17)15-7-3-2-4-8-15/h2-10,17-18H,11-14H2,1H3,(H,21,22). The molecule has 118 valence electrons. The number of guanidine groups is 1. The zero-order valence-electron chi connectivity index (χ0n) is 13.6. The summed E-state index contributed by atoms with van der Waals surface area (Å²) in [6.07, 6.45) is 2.39. The lowest BCUT2D eigenvalue weighted by molar-refractivity contribution is 0.735. The first-order chi connectivity index (χ1) is 11.4. The molecule has 1 aliphatic carbocycles. The Morgan fingerprint density at radius 2 is 1.91 bits per heavy atom. The van der Waals surface area contributed by atoms with Crippen molar-refractivity contribution in [3.8, 4) is 0 Å². The van der Waals surface area contributed by atoms with Gasteiger partial charge in [-0.1, -0.05) is 48.5 Å². The van der Waals surface area contributed by atoms with Gasteiger partial charge < -0.3 is 10.2 Å². The van der Waals surface area contributed by atoms with Crippen LogP contribution < -0.4 is 10.2 Å². The zero-order valence-corrected chi connectivity index (χ0v) is 13.6. The molecule has 0 aromatic heterocycles.